The minimum Gasteiger partial charge on any atom is -0.493 e. The highest BCUT2D eigenvalue weighted by Gasteiger charge is 2.00. The normalized spacial score (nSPS) is 10.9. The van der Waals surface area contributed by atoms with Gasteiger partial charge in [-0.1, -0.05) is 39.0 Å². The van der Waals surface area contributed by atoms with Crippen molar-refractivity contribution in [3.8, 4) is 5.75 Å². The molecule has 108 valence electrons. The Morgan fingerprint density at radius 2 is 1.89 bits per heavy atom. The largest absolute Gasteiger partial charge is 0.493 e. The molecule has 0 aliphatic heterocycles. The average molecular weight is 263 g/mol. The van der Waals surface area contributed by atoms with Crippen LogP contribution >= 0.6 is 0 Å². The van der Waals surface area contributed by atoms with Crippen molar-refractivity contribution in [1.29, 1.82) is 0 Å². The average Bonchev–Trinajstić information content (AvgIpc) is 2.42. The SMILES string of the molecule is CCc1ccccc1OCCCCCNCC(C)C. The number of hydrogen-bond donors (Lipinski definition) is 1. The van der Waals surface area contributed by atoms with Gasteiger partial charge in [0.25, 0.3) is 0 Å². The minimum atomic E-state index is 0.744. The molecule has 0 atom stereocenters. The fraction of sp³-hybridized carbons (Fsp3) is 0.647. The third-order valence-corrected chi connectivity index (χ3v) is 3.16. The van der Waals surface area contributed by atoms with E-state index in [2.05, 4.69) is 44.3 Å². The first-order valence-electron chi connectivity index (χ1n) is 7.65. The lowest BCUT2D eigenvalue weighted by atomic mass is 10.1. The van der Waals surface area contributed by atoms with Crippen LogP contribution in [0.4, 0.5) is 0 Å². The van der Waals surface area contributed by atoms with Crippen molar-refractivity contribution in [1.82, 2.24) is 5.32 Å². The van der Waals surface area contributed by atoms with Gasteiger partial charge in [-0.2, -0.15) is 0 Å². The van der Waals surface area contributed by atoms with Gasteiger partial charge in [0.2, 0.25) is 0 Å². The van der Waals surface area contributed by atoms with E-state index in [0.29, 0.717) is 0 Å². The van der Waals surface area contributed by atoms with Gasteiger partial charge in [0, 0.05) is 0 Å². The number of benzene rings is 1. The third kappa shape index (κ3) is 7.22. The molecule has 0 aromatic heterocycles. The molecular formula is C17H29NO. The molecule has 1 rings (SSSR count). The number of unbranched alkanes of at least 4 members (excludes halogenated alkanes) is 2. The molecule has 0 spiro atoms. The van der Waals surface area contributed by atoms with Gasteiger partial charge in [0.15, 0.2) is 0 Å². The second-order valence-corrected chi connectivity index (χ2v) is 5.47. The molecule has 0 heterocycles. The molecule has 0 saturated carbocycles. The zero-order valence-electron chi connectivity index (χ0n) is 12.7. The zero-order chi connectivity index (χ0) is 13.9. The Balaban J connectivity index is 2.04. The van der Waals surface area contributed by atoms with E-state index in [1.165, 1.54) is 18.4 Å². The highest BCUT2D eigenvalue weighted by atomic mass is 16.5. The molecule has 0 unspecified atom stereocenters. The van der Waals surface area contributed by atoms with Crippen LogP contribution in [0.5, 0.6) is 5.75 Å². The molecule has 0 saturated heterocycles. The van der Waals surface area contributed by atoms with Crippen molar-refractivity contribution in [3.63, 3.8) is 0 Å². The third-order valence-electron chi connectivity index (χ3n) is 3.16. The van der Waals surface area contributed by atoms with Gasteiger partial charge in [0.05, 0.1) is 6.61 Å². The fourth-order valence-electron chi connectivity index (χ4n) is 2.04. The van der Waals surface area contributed by atoms with E-state index in [1.54, 1.807) is 0 Å². The van der Waals surface area contributed by atoms with Crippen LogP contribution in [0.1, 0.15) is 45.6 Å². The Labute approximate surface area is 118 Å². The summed E-state index contributed by atoms with van der Waals surface area (Å²) in [6, 6.07) is 8.34. The molecule has 0 aliphatic carbocycles. The molecule has 19 heavy (non-hydrogen) atoms. The summed E-state index contributed by atoms with van der Waals surface area (Å²) >= 11 is 0. The molecule has 1 N–H and O–H groups in total. The molecule has 1 aromatic carbocycles. The van der Waals surface area contributed by atoms with E-state index in [0.717, 1.165) is 44.2 Å². The van der Waals surface area contributed by atoms with E-state index >= 15 is 0 Å². The maximum atomic E-state index is 5.85. The molecule has 0 bridgehead atoms. The van der Waals surface area contributed by atoms with Crippen molar-refractivity contribution in [2.75, 3.05) is 19.7 Å². The molecule has 0 radical (unpaired) electrons. The number of aryl methyl sites for hydroxylation is 1. The maximum absolute atomic E-state index is 5.85. The van der Waals surface area contributed by atoms with Crippen LogP contribution in [0.15, 0.2) is 24.3 Å². The van der Waals surface area contributed by atoms with E-state index < -0.39 is 0 Å². The quantitative estimate of drug-likeness (QED) is 0.643. The summed E-state index contributed by atoms with van der Waals surface area (Å²) in [5, 5.41) is 3.47. The van der Waals surface area contributed by atoms with Crippen molar-refractivity contribution < 1.29 is 4.74 Å². The lowest BCUT2D eigenvalue weighted by molar-refractivity contribution is 0.302. The van der Waals surface area contributed by atoms with Crippen LogP contribution in [0, 0.1) is 5.92 Å². The Morgan fingerprint density at radius 1 is 1.11 bits per heavy atom. The van der Waals surface area contributed by atoms with Crippen LogP contribution in [-0.2, 0) is 6.42 Å². The van der Waals surface area contributed by atoms with E-state index in [1.807, 2.05) is 6.07 Å². The topological polar surface area (TPSA) is 21.3 Å². The maximum Gasteiger partial charge on any atom is 0.122 e. The molecular weight excluding hydrogens is 234 g/mol. The van der Waals surface area contributed by atoms with Crippen molar-refractivity contribution in [2.45, 2.75) is 46.5 Å². The second-order valence-electron chi connectivity index (χ2n) is 5.47. The van der Waals surface area contributed by atoms with Crippen LogP contribution in [-0.4, -0.2) is 19.7 Å². The predicted molar refractivity (Wildman–Crippen MR) is 82.9 cm³/mol. The molecule has 0 fully saturated rings. The Bertz CT molecular complexity index is 336. The highest BCUT2D eigenvalue weighted by molar-refractivity contribution is 5.33. The molecule has 0 aliphatic rings. The van der Waals surface area contributed by atoms with Crippen LogP contribution in [0.2, 0.25) is 0 Å². The summed E-state index contributed by atoms with van der Waals surface area (Å²) in [5.74, 6) is 1.80. The lowest BCUT2D eigenvalue weighted by Crippen LogP contribution is -2.20. The molecule has 0 amide bonds. The Hall–Kier alpha value is -1.02. The van der Waals surface area contributed by atoms with Gasteiger partial charge in [0.1, 0.15) is 5.75 Å². The minimum absolute atomic E-state index is 0.744. The van der Waals surface area contributed by atoms with Gasteiger partial charge in [-0.05, 0) is 56.3 Å². The summed E-state index contributed by atoms with van der Waals surface area (Å²) < 4.78 is 5.85. The van der Waals surface area contributed by atoms with Gasteiger partial charge in [-0.15, -0.1) is 0 Å². The van der Waals surface area contributed by atoms with E-state index in [9.17, 15) is 0 Å². The number of para-hydroxylation sites is 1. The van der Waals surface area contributed by atoms with Gasteiger partial charge in [-0.25, -0.2) is 0 Å². The second kappa shape index (κ2) is 9.85. The Kier molecular flexibility index (Phi) is 8.31. The van der Waals surface area contributed by atoms with Crippen LogP contribution in [0.3, 0.4) is 0 Å². The summed E-state index contributed by atoms with van der Waals surface area (Å²) in [6.45, 7) is 9.74. The first-order valence-corrected chi connectivity index (χ1v) is 7.65. The number of ether oxygens (including phenoxy) is 1. The Morgan fingerprint density at radius 3 is 2.63 bits per heavy atom. The monoisotopic (exact) mass is 263 g/mol. The fourth-order valence-corrected chi connectivity index (χ4v) is 2.04. The number of rotatable bonds is 10. The van der Waals surface area contributed by atoms with Gasteiger partial charge in [-0.3, -0.25) is 0 Å². The van der Waals surface area contributed by atoms with Crippen molar-refractivity contribution in [3.05, 3.63) is 29.8 Å². The molecule has 2 heteroatoms. The first kappa shape index (κ1) is 16.0. The zero-order valence-corrected chi connectivity index (χ0v) is 12.7. The first-order chi connectivity index (χ1) is 9.24. The van der Waals surface area contributed by atoms with E-state index in [-0.39, 0.29) is 0 Å². The van der Waals surface area contributed by atoms with Gasteiger partial charge >= 0.3 is 0 Å². The summed E-state index contributed by atoms with van der Waals surface area (Å²) in [7, 11) is 0. The van der Waals surface area contributed by atoms with Crippen molar-refractivity contribution in [2.24, 2.45) is 5.92 Å². The predicted octanol–water partition coefficient (Wildman–Crippen LogP) is 4.04. The molecule has 2 nitrogen and oxygen atoms in total. The summed E-state index contributed by atoms with van der Waals surface area (Å²) in [5.41, 5.74) is 1.31. The number of nitrogens with one attached hydrogen (secondary N) is 1. The smallest absolute Gasteiger partial charge is 0.122 e. The molecule has 1 aromatic rings. The van der Waals surface area contributed by atoms with Crippen LogP contribution < -0.4 is 10.1 Å². The standard InChI is InChI=1S/C17H29NO/c1-4-16-10-6-7-11-17(16)19-13-9-5-8-12-18-14-15(2)3/h6-7,10-11,15,18H,4-5,8-9,12-14H2,1-3H3. The van der Waals surface area contributed by atoms with Gasteiger partial charge < -0.3 is 10.1 Å². The van der Waals surface area contributed by atoms with E-state index in [4.69, 9.17) is 4.74 Å². The van der Waals surface area contributed by atoms with Crippen molar-refractivity contribution >= 4 is 0 Å². The highest BCUT2D eigenvalue weighted by Crippen LogP contribution is 2.18. The summed E-state index contributed by atoms with van der Waals surface area (Å²) in [6.07, 6.45) is 4.65. The lowest BCUT2D eigenvalue weighted by Gasteiger charge is -2.10. The number of hydrogen-bond acceptors (Lipinski definition) is 2. The van der Waals surface area contributed by atoms with Crippen LogP contribution in [0.25, 0.3) is 0 Å². The summed E-state index contributed by atoms with van der Waals surface area (Å²) in [4.78, 5) is 0.